The van der Waals surface area contributed by atoms with Crippen LogP contribution in [0.2, 0.25) is 5.02 Å². The van der Waals surface area contributed by atoms with Crippen molar-refractivity contribution >= 4 is 29.6 Å². The number of methoxy groups -OCH3 is 2. The number of esters is 1. The lowest BCUT2D eigenvalue weighted by Crippen LogP contribution is -2.45. The molecule has 0 aromatic heterocycles. The van der Waals surface area contributed by atoms with Crippen molar-refractivity contribution in [2.75, 3.05) is 20.8 Å². The van der Waals surface area contributed by atoms with E-state index >= 15 is 0 Å². The summed E-state index contributed by atoms with van der Waals surface area (Å²) < 4.78 is 15.3. The molecule has 1 unspecified atom stereocenters. The predicted octanol–water partition coefficient (Wildman–Crippen LogP) is 1.61. The summed E-state index contributed by atoms with van der Waals surface area (Å²) in [5, 5.41) is 14.2. The Bertz CT molecular complexity index is 791. The molecular formula is C16H17ClN2O7. The number of hydrogen-bond acceptors (Lipinski definition) is 6. The van der Waals surface area contributed by atoms with Crippen molar-refractivity contribution in [2.45, 2.75) is 13.0 Å². The second-order valence-electron chi connectivity index (χ2n) is 5.27. The van der Waals surface area contributed by atoms with Gasteiger partial charge in [-0.15, -0.1) is 0 Å². The average molecular weight is 385 g/mol. The van der Waals surface area contributed by atoms with Crippen molar-refractivity contribution in [2.24, 2.45) is 0 Å². The van der Waals surface area contributed by atoms with Crippen LogP contribution in [0, 0.1) is 0 Å². The first-order valence-corrected chi connectivity index (χ1v) is 7.74. The number of urea groups is 1. The first kappa shape index (κ1) is 19.4. The number of aliphatic carboxylic acids is 1. The number of carbonyl (C=O) groups excluding carboxylic acids is 2. The van der Waals surface area contributed by atoms with Crippen molar-refractivity contribution in [1.82, 2.24) is 10.6 Å². The Balaban J connectivity index is 2.65. The summed E-state index contributed by atoms with van der Waals surface area (Å²) in [6.07, 6.45) is 0. The fourth-order valence-electron chi connectivity index (χ4n) is 2.55. The van der Waals surface area contributed by atoms with Gasteiger partial charge in [-0.2, -0.15) is 0 Å². The van der Waals surface area contributed by atoms with Gasteiger partial charge in [-0.1, -0.05) is 11.6 Å². The summed E-state index contributed by atoms with van der Waals surface area (Å²) in [6, 6.07) is 1.35. The molecule has 140 valence electrons. The summed E-state index contributed by atoms with van der Waals surface area (Å²) >= 11 is 6.10. The third-order valence-electron chi connectivity index (χ3n) is 3.59. The van der Waals surface area contributed by atoms with Crippen LogP contribution in [-0.2, 0) is 14.3 Å². The molecule has 0 aliphatic carbocycles. The second kappa shape index (κ2) is 7.96. The Morgan fingerprint density at radius 1 is 1.31 bits per heavy atom. The highest BCUT2D eigenvalue weighted by Crippen LogP contribution is 2.41. The molecule has 0 radical (unpaired) electrons. The van der Waals surface area contributed by atoms with Crippen LogP contribution in [0.3, 0.4) is 0 Å². The molecule has 10 heteroatoms. The van der Waals surface area contributed by atoms with Crippen LogP contribution >= 0.6 is 11.6 Å². The van der Waals surface area contributed by atoms with Gasteiger partial charge >= 0.3 is 18.0 Å². The number of nitrogens with one attached hydrogen (secondary N) is 2. The molecule has 0 fully saturated rings. The van der Waals surface area contributed by atoms with Gasteiger partial charge in [-0.05, 0) is 13.0 Å². The van der Waals surface area contributed by atoms with Gasteiger partial charge in [-0.3, -0.25) is 0 Å². The van der Waals surface area contributed by atoms with Gasteiger partial charge in [0.15, 0.2) is 18.1 Å². The summed E-state index contributed by atoms with van der Waals surface area (Å²) in [5.41, 5.74) is 0.663. The predicted molar refractivity (Wildman–Crippen MR) is 90.3 cm³/mol. The van der Waals surface area contributed by atoms with Gasteiger partial charge in [-0.25, -0.2) is 14.4 Å². The number of ether oxygens (including phenoxy) is 3. The SMILES string of the molecule is COC(=O)C1=C(C)NC(=O)NC1c1cc(Cl)cc(OC)c1OCC(=O)O. The van der Waals surface area contributed by atoms with Crippen LogP contribution < -0.4 is 20.1 Å². The van der Waals surface area contributed by atoms with E-state index < -0.39 is 30.6 Å². The number of carboxylic acid groups (broad SMARTS) is 1. The van der Waals surface area contributed by atoms with Crippen molar-refractivity contribution in [3.8, 4) is 11.5 Å². The zero-order chi connectivity index (χ0) is 19.4. The van der Waals surface area contributed by atoms with E-state index in [4.69, 9.17) is 30.9 Å². The lowest BCUT2D eigenvalue weighted by molar-refractivity contribution is -0.139. The first-order chi connectivity index (χ1) is 12.3. The zero-order valence-corrected chi connectivity index (χ0v) is 15.0. The number of carbonyl (C=O) groups is 3. The summed E-state index contributed by atoms with van der Waals surface area (Å²) in [4.78, 5) is 35.0. The summed E-state index contributed by atoms with van der Waals surface area (Å²) in [6.45, 7) is 0.887. The highest BCUT2D eigenvalue weighted by atomic mass is 35.5. The molecule has 1 heterocycles. The van der Waals surface area contributed by atoms with Gasteiger partial charge in [0.1, 0.15) is 0 Å². The molecule has 9 nitrogen and oxygen atoms in total. The minimum Gasteiger partial charge on any atom is -0.493 e. The van der Waals surface area contributed by atoms with Crippen LogP contribution in [0.15, 0.2) is 23.4 Å². The van der Waals surface area contributed by atoms with Crippen LogP contribution in [0.1, 0.15) is 18.5 Å². The molecule has 2 rings (SSSR count). The highest BCUT2D eigenvalue weighted by Gasteiger charge is 2.35. The summed E-state index contributed by atoms with van der Waals surface area (Å²) in [7, 11) is 2.56. The quantitative estimate of drug-likeness (QED) is 0.636. The lowest BCUT2D eigenvalue weighted by Gasteiger charge is -2.29. The maximum absolute atomic E-state index is 12.2. The molecule has 1 aliphatic heterocycles. The van der Waals surface area contributed by atoms with E-state index in [-0.39, 0.29) is 33.4 Å². The lowest BCUT2D eigenvalue weighted by atomic mass is 9.94. The number of carboxylic acids is 1. The van der Waals surface area contributed by atoms with Gasteiger partial charge in [0.05, 0.1) is 25.8 Å². The Morgan fingerprint density at radius 2 is 2.00 bits per heavy atom. The van der Waals surface area contributed by atoms with E-state index in [1.807, 2.05) is 0 Å². The van der Waals surface area contributed by atoms with E-state index in [0.717, 1.165) is 0 Å². The number of rotatable bonds is 6. The Labute approximate surface area is 153 Å². The topological polar surface area (TPSA) is 123 Å². The minimum atomic E-state index is -1.21. The third-order valence-corrected chi connectivity index (χ3v) is 3.81. The van der Waals surface area contributed by atoms with Crippen molar-refractivity contribution in [3.05, 3.63) is 34.0 Å². The van der Waals surface area contributed by atoms with E-state index in [9.17, 15) is 14.4 Å². The molecule has 1 atom stereocenters. The summed E-state index contributed by atoms with van der Waals surface area (Å²) in [5.74, 6) is -1.69. The standard InChI is InChI=1S/C16H17ClN2O7/c1-7-12(15(22)25-3)13(19-16(23)18-7)9-4-8(17)5-10(24-2)14(9)26-6-11(20)21/h4-5,13H,6H2,1-3H3,(H,20,21)(H2,18,19,23). The molecule has 0 bridgehead atoms. The van der Waals surface area contributed by atoms with Crippen LogP contribution in [0.4, 0.5) is 4.79 Å². The molecule has 0 saturated carbocycles. The van der Waals surface area contributed by atoms with E-state index in [2.05, 4.69) is 10.6 Å². The van der Waals surface area contributed by atoms with Crippen molar-refractivity contribution in [3.63, 3.8) is 0 Å². The van der Waals surface area contributed by atoms with Crippen LogP contribution in [0.25, 0.3) is 0 Å². The fourth-order valence-corrected chi connectivity index (χ4v) is 2.77. The molecule has 1 aliphatic rings. The third kappa shape index (κ3) is 3.99. The zero-order valence-electron chi connectivity index (χ0n) is 14.2. The van der Waals surface area contributed by atoms with Crippen molar-refractivity contribution < 1.29 is 33.7 Å². The average Bonchev–Trinajstić information content (AvgIpc) is 2.58. The first-order valence-electron chi connectivity index (χ1n) is 7.37. The Morgan fingerprint density at radius 3 is 2.58 bits per heavy atom. The number of allylic oxidation sites excluding steroid dienone is 1. The molecular weight excluding hydrogens is 368 g/mol. The van der Waals surface area contributed by atoms with Gasteiger partial charge in [0.2, 0.25) is 0 Å². The smallest absolute Gasteiger partial charge is 0.341 e. The number of halogens is 1. The maximum atomic E-state index is 12.2. The molecule has 1 aromatic carbocycles. The number of hydrogen-bond donors (Lipinski definition) is 3. The molecule has 1 aromatic rings. The van der Waals surface area contributed by atoms with E-state index in [0.29, 0.717) is 0 Å². The molecule has 26 heavy (non-hydrogen) atoms. The number of amides is 2. The Hall–Kier alpha value is -2.94. The maximum Gasteiger partial charge on any atom is 0.341 e. The second-order valence-corrected chi connectivity index (χ2v) is 5.71. The molecule has 0 saturated heterocycles. The van der Waals surface area contributed by atoms with Crippen LogP contribution in [-0.4, -0.2) is 43.9 Å². The normalized spacial score (nSPS) is 16.5. The van der Waals surface area contributed by atoms with E-state index in [1.54, 1.807) is 0 Å². The highest BCUT2D eigenvalue weighted by molar-refractivity contribution is 6.30. The molecule has 3 N–H and O–H groups in total. The van der Waals surface area contributed by atoms with Gasteiger partial charge in [0.25, 0.3) is 0 Å². The molecule has 0 spiro atoms. The largest absolute Gasteiger partial charge is 0.493 e. The van der Waals surface area contributed by atoms with Gasteiger partial charge in [0, 0.05) is 22.3 Å². The minimum absolute atomic E-state index is 0.0423. The fraction of sp³-hybridized carbons (Fsp3) is 0.312. The molecule has 2 amide bonds. The Kier molecular flexibility index (Phi) is 5.93. The van der Waals surface area contributed by atoms with Crippen LogP contribution in [0.5, 0.6) is 11.5 Å². The monoisotopic (exact) mass is 384 g/mol. The number of benzene rings is 1. The van der Waals surface area contributed by atoms with E-state index in [1.165, 1.54) is 33.3 Å². The van der Waals surface area contributed by atoms with Crippen molar-refractivity contribution in [1.29, 1.82) is 0 Å². The van der Waals surface area contributed by atoms with Gasteiger partial charge < -0.3 is 30.0 Å².